The summed E-state index contributed by atoms with van der Waals surface area (Å²) in [6, 6.07) is 25.0. The molecule has 1 fully saturated rings. The van der Waals surface area contributed by atoms with Crippen molar-refractivity contribution in [2.45, 2.75) is 31.7 Å². The van der Waals surface area contributed by atoms with Crippen LogP contribution in [0.2, 0.25) is 0 Å². The number of methoxy groups -OCH3 is 1. The molecule has 2 heterocycles. The molecule has 5 rings (SSSR count). The van der Waals surface area contributed by atoms with E-state index in [-0.39, 0.29) is 18.9 Å². The summed E-state index contributed by atoms with van der Waals surface area (Å²) in [6.07, 6.45) is 0.365. The van der Waals surface area contributed by atoms with Gasteiger partial charge in [0.05, 0.1) is 25.9 Å². The van der Waals surface area contributed by atoms with Crippen LogP contribution < -0.4 is 9.64 Å². The second kappa shape index (κ2) is 18.5. The number of hydrogen-bond donors (Lipinski definition) is 0. The van der Waals surface area contributed by atoms with Gasteiger partial charge >= 0.3 is 6.18 Å². The fourth-order valence-electron chi connectivity index (χ4n) is 6.09. The predicted molar refractivity (Wildman–Crippen MR) is 199 cm³/mol. The summed E-state index contributed by atoms with van der Waals surface area (Å²) in [5.41, 5.74) is 3.42. The molecule has 1 atom stereocenters. The molecular weight excluding hydrogens is 683 g/mol. The Hall–Kier alpha value is -5.20. The maximum Gasteiger partial charge on any atom is 0.416 e. The number of rotatable bonds is 15. The number of aromatic nitrogens is 1. The van der Waals surface area contributed by atoms with Crippen molar-refractivity contribution in [1.82, 2.24) is 19.7 Å². The lowest BCUT2D eigenvalue weighted by atomic mass is 10.0. The molecule has 4 aromatic rings. The smallest absolute Gasteiger partial charge is 0.416 e. The summed E-state index contributed by atoms with van der Waals surface area (Å²) in [5.74, 6) is -0.129. The zero-order valence-corrected chi connectivity index (χ0v) is 30.3. The summed E-state index contributed by atoms with van der Waals surface area (Å²) < 4.78 is 50.2. The van der Waals surface area contributed by atoms with Crippen LogP contribution in [0.4, 0.5) is 18.9 Å². The number of pyridine rings is 1. The van der Waals surface area contributed by atoms with Crippen LogP contribution in [-0.2, 0) is 40.0 Å². The summed E-state index contributed by atoms with van der Waals surface area (Å²) in [4.78, 5) is 40.4. The topological polar surface area (TPSA) is 78.5 Å². The Balaban J connectivity index is 1.39. The van der Waals surface area contributed by atoms with Crippen LogP contribution in [0.5, 0.6) is 5.88 Å². The van der Waals surface area contributed by atoms with E-state index in [1.165, 1.54) is 24.3 Å². The lowest BCUT2D eigenvalue weighted by Crippen LogP contribution is -2.51. The van der Waals surface area contributed by atoms with Gasteiger partial charge in [-0.25, -0.2) is 4.98 Å². The quantitative estimate of drug-likeness (QED) is 0.135. The number of morpholine rings is 1. The third-order valence-electron chi connectivity index (χ3n) is 9.19. The molecule has 9 nitrogen and oxygen atoms in total. The minimum atomic E-state index is -4.47. The highest BCUT2D eigenvalue weighted by Crippen LogP contribution is 2.29. The Labute approximate surface area is 309 Å². The molecule has 1 aliphatic rings. The number of carbonyl (C=O) groups excluding carboxylic acids is 2. The van der Waals surface area contributed by atoms with Crippen molar-refractivity contribution in [2.24, 2.45) is 0 Å². The average molecular weight is 730 g/mol. The van der Waals surface area contributed by atoms with Crippen molar-refractivity contribution >= 4 is 23.6 Å². The standard InChI is InChI=1S/C41H46F3N5O4/c1-46(29-34-13-19-38(52-3)45-28-34)21-22-47(2)40(51)37(27-32-7-5-4-6-8-32)49(30-33-11-17-36(18-12-33)48-23-25-53-26-24-48)39(50)20-14-31-9-15-35(16-10-31)41(42,43)44/h4-20,28,37H,21-27,29-30H2,1-3H3. The molecule has 3 aromatic carbocycles. The molecule has 0 bridgehead atoms. The fraction of sp³-hybridized carbons (Fsp3) is 0.341. The normalized spacial score (nSPS) is 14.0. The second-order valence-electron chi connectivity index (χ2n) is 13.1. The lowest BCUT2D eigenvalue weighted by molar-refractivity contribution is -0.143. The Bertz CT molecular complexity index is 1780. The first kappa shape index (κ1) is 39.0. The maximum atomic E-state index is 14.4. The number of benzene rings is 3. The molecule has 0 saturated carbocycles. The van der Waals surface area contributed by atoms with Gasteiger partial charge in [-0.2, -0.15) is 13.2 Å². The van der Waals surface area contributed by atoms with Crippen molar-refractivity contribution in [3.05, 3.63) is 131 Å². The summed E-state index contributed by atoms with van der Waals surface area (Å²) >= 11 is 0. The zero-order valence-electron chi connectivity index (χ0n) is 30.3. The summed E-state index contributed by atoms with van der Waals surface area (Å²) in [5, 5.41) is 0. The van der Waals surface area contributed by atoms with Crippen LogP contribution in [0.1, 0.15) is 27.8 Å². The van der Waals surface area contributed by atoms with E-state index < -0.39 is 23.7 Å². The Kier molecular flexibility index (Phi) is 13.6. The van der Waals surface area contributed by atoms with Crippen molar-refractivity contribution in [2.75, 3.05) is 65.5 Å². The predicted octanol–water partition coefficient (Wildman–Crippen LogP) is 6.19. The molecule has 53 heavy (non-hydrogen) atoms. The number of anilines is 1. The summed E-state index contributed by atoms with van der Waals surface area (Å²) in [6.45, 7) is 4.60. The van der Waals surface area contributed by atoms with Gasteiger partial charge in [-0.15, -0.1) is 0 Å². The number of carbonyl (C=O) groups is 2. The molecule has 1 aliphatic heterocycles. The highest BCUT2D eigenvalue weighted by molar-refractivity contribution is 5.95. The van der Waals surface area contributed by atoms with Crippen LogP contribution in [0.15, 0.2) is 103 Å². The van der Waals surface area contributed by atoms with Gasteiger partial charge in [0.25, 0.3) is 0 Å². The minimum absolute atomic E-state index is 0.140. The number of amides is 2. The van der Waals surface area contributed by atoms with Gasteiger partial charge in [0.15, 0.2) is 0 Å². The van der Waals surface area contributed by atoms with Crippen LogP contribution in [0.3, 0.4) is 0 Å². The van der Waals surface area contributed by atoms with Gasteiger partial charge < -0.3 is 29.1 Å². The van der Waals surface area contributed by atoms with E-state index in [0.717, 1.165) is 47.6 Å². The van der Waals surface area contributed by atoms with Crippen molar-refractivity contribution in [1.29, 1.82) is 0 Å². The Morgan fingerprint density at radius 1 is 0.868 bits per heavy atom. The third-order valence-corrected chi connectivity index (χ3v) is 9.19. The zero-order chi connectivity index (χ0) is 37.8. The molecule has 0 N–H and O–H groups in total. The lowest BCUT2D eigenvalue weighted by Gasteiger charge is -2.34. The first-order valence-corrected chi connectivity index (χ1v) is 17.5. The van der Waals surface area contributed by atoms with E-state index in [0.29, 0.717) is 44.3 Å². The van der Waals surface area contributed by atoms with Crippen LogP contribution in [0.25, 0.3) is 6.08 Å². The van der Waals surface area contributed by atoms with Gasteiger partial charge in [0, 0.05) is 76.8 Å². The number of likely N-dealkylation sites (N-methyl/N-ethyl adjacent to an activating group) is 2. The molecule has 0 radical (unpaired) electrons. The molecule has 12 heteroatoms. The molecule has 1 aromatic heterocycles. The van der Waals surface area contributed by atoms with Crippen LogP contribution in [-0.4, -0.2) is 98.1 Å². The van der Waals surface area contributed by atoms with E-state index in [9.17, 15) is 22.8 Å². The van der Waals surface area contributed by atoms with Gasteiger partial charge in [-0.05, 0) is 59.6 Å². The van der Waals surface area contributed by atoms with Crippen molar-refractivity contribution in [3.8, 4) is 5.88 Å². The van der Waals surface area contributed by atoms with E-state index in [1.807, 2.05) is 67.7 Å². The molecular formula is C41H46F3N5O4. The monoisotopic (exact) mass is 729 g/mol. The molecule has 1 unspecified atom stereocenters. The number of alkyl halides is 3. The largest absolute Gasteiger partial charge is 0.481 e. The van der Waals surface area contributed by atoms with E-state index >= 15 is 0 Å². The second-order valence-corrected chi connectivity index (χ2v) is 13.1. The number of halogens is 3. The van der Waals surface area contributed by atoms with E-state index in [4.69, 9.17) is 9.47 Å². The van der Waals surface area contributed by atoms with Crippen LogP contribution in [0, 0.1) is 0 Å². The SMILES string of the molecule is COc1ccc(CN(C)CCN(C)C(=O)C(Cc2ccccc2)N(Cc2ccc(N3CCOCC3)cc2)C(=O)C=Cc2ccc(C(F)(F)F)cc2)cn1. The van der Waals surface area contributed by atoms with Crippen molar-refractivity contribution in [3.63, 3.8) is 0 Å². The molecule has 0 spiro atoms. The molecule has 0 aliphatic carbocycles. The van der Waals surface area contributed by atoms with Gasteiger partial charge in [-0.3, -0.25) is 9.59 Å². The third kappa shape index (κ3) is 11.4. The average Bonchev–Trinajstić information content (AvgIpc) is 3.18. The number of hydrogen-bond acceptors (Lipinski definition) is 7. The van der Waals surface area contributed by atoms with Crippen LogP contribution >= 0.6 is 0 Å². The summed E-state index contributed by atoms with van der Waals surface area (Å²) in [7, 11) is 5.27. The van der Waals surface area contributed by atoms with E-state index in [2.05, 4.69) is 14.8 Å². The highest BCUT2D eigenvalue weighted by Gasteiger charge is 2.32. The number of ether oxygens (including phenoxy) is 2. The van der Waals surface area contributed by atoms with Gasteiger partial charge in [0.2, 0.25) is 17.7 Å². The van der Waals surface area contributed by atoms with E-state index in [1.54, 1.807) is 36.2 Å². The molecule has 2 amide bonds. The Morgan fingerprint density at radius 2 is 1.55 bits per heavy atom. The highest BCUT2D eigenvalue weighted by atomic mass is 19.4. The first-order chi connectivity index (χ1) is 25.5. The maximum absolute atomic E-state index is 14.4. The van der Waals surface area contributed by atoms with Gasteiger partial charge in [0.1, 0.15) is 6.04 Å². The van der Waals surface area contributed by atoms with Crippen molar-refractivity contribution < 1.29 is 32.2 Å². The fourth-order valence-corrected chi connectivity index (χ4v) is 6.09. The molecule has 1 saturated heterocycles. The number of nitrogens with zero attached hydrogens (tertiary/aromatic N) is 5. The molecule has 280 valence electrons. The first-order valence-electron chi connectivity index (χ1n) is 17.5. The minimum Gasteiger partial charge on any atom is -0.481 e. The van der Waals surface area contributed by atoms with Gasteiger partial charge in [-0.1, -0.05) is 60.7 Å². The Morgan fingerprint density at radius 3 is 2.17 bits per heavy atom.